The lowest BCUT2D eigenvalue weighted by atomic mass is 10.2. The zero-order valence-electron chi connectivity index (χ0n) is 9.04. The molecular formula is C11H16N2O2. The molecule has 1 amide bonds. The van der Waals surface area contributed by atoms with E-state index in [2.05, 4.69) is 5.32 Å². The highest BCUT2D eigenvalue weighted by molar-refractivity contribution is 5.90. The summed E-state index contributed by atoms with van der Waals surface area (Å²) in [5.41, 5.74) is 7.15. The Morgan fingerprint density at radius 2 is 2.27 bits per heavy atom. The van der Waals surface area contributed by atoms with Crippen LogP contribution in [0.1, 0.15) is 19.4 Å². The number of hydrogen-bond acceptors (Lipinski definition) is 3. The number of ether oxygens (including phenoxy) is 1. The van der Waals surface area contributed by atoms with Crippen LogP contribution in [0.15, 0.2) is 18.2 Å². The summed E-state index contributed by atoms with van der Waals surface area (Å²) in [4.78, 5) is 11.0. The van der Waals surface area contributed by atoms with Crippen LogP contribution in [0.2, 0.25) is 0 Å². The van der Waals surface area contributed by atoms with Crippen molar-refractivity contribution in [2.45, 2.75) is 20.4 Å². The molecule has 3 N–H and O–H groups in total. The highest BCUT2D eigenvalue weighted by Crippen LogP contribution is 2.25. The van der Waals surface area contributed by atoms with Gasteiger partial charge in [-0.1, -0.05) is 6.07 Å². The van der Waals surface area contributed by atoms with Crippen molar-refractivity contribution in [2.24, 2.45) is 5.73 Å². The number of anilines is 1. The molecular weight excluding hydrogens is 192 g/mol. The second-order valence-corrected chi connectivity index (χ2v) is 3.15. The molecule has 0 atom stereocenters. The van der Waals surface area contributed by atoms with Crippen molar-refractivity contribution in [2.75, 3.05) is 11.9 Å². The molecule has 82 valence electrons. The van der Waals surface area contributed by atoms with Crippen LogP contribution in [0.5, 0.6) is 5.75 Å². The minimum absolute atomic E-state index is 0.120. The monoisotopic (exact) mass is 208 g/mol. The van der Waals surface area contributed by atoms with Crippen LogP contribution in [0.25, 0.3) is 0 Å². The average Bonchev–Trinajstić information content (AvgIpc) is 2.20. The van der Waals surface area contributed by atoms with Crippen LogP contribution in [-0.2, 0) is 11.3 Å². The molecule has 1 aromatic carbocycles. The summed E-state index contributed by atoms with van der Waals surface area (Å²) < 4.78 is 5.38. The van der Waals surface area contributed by atoms with Crippen LogP contribution in [0.4, 0.5) is 5.69 Å². The molecule has 1 aromatic rings. The molecule has 0 fully saturated rings. The summed E-state index contributed by atoms with van der Waals surface area (Å²) in [5, 5.41) is 2.71. The Balaban J connectivity index is 2.98. The third kappa shape index (κ3) is 3.25. The summed E-state index contributed by atoms with van der Waals surface area (Å²) in [6.45, 7) is 4.37. The quantitative estimate of drug-likeness (QED) is 0.788. The van der Waals surface area contributed by atoms with E-state index < -0.39 is 0 Å². The number of nitrogens with two attached hydrogens (primary N) is 1. The maximum Gasteiger partial charge on any atom is 0.221 e. The Morgan fingerprint density at radius 1 is 1.53 bits per heavy atom. The lowest BCUT2D eigenvalue weighted by Gasteiger charge is -2.11. The topological polar surface area (TPSA) is 64.3 Å². The number of carbonyl (C=O) groups excluding carboxylic acids is 1. The van der Waals surface area contributed by atoms with Gasteiger partial charge in [0.2, 0.25) is 5.91 Å². The third-order valence-electron chi connectivity index (χ3n) is 1.89. The predicted molar refractivity (Wildman–Crippen MR) is 59.8 cm³/mol. The van der Waals surface area contributed by atoms with Gasteiger partial charge in [0.1, 0.15) is 5.75 Å². The molecule has 4 heteroatoms. The maximum atomic E-state index is 11.0. The van der Waals surface area contributed by atoms with E-state index in [0.717, 1.165) is 5.56 Å². The molecule has 0 radical (unpaired) electrons. The van der Waals surface area contributed by atoms with Crippen molar-refractivity contribution in [3.8, 4) is 5.75 Å². The molecule has 0 saturated carbocycles. The zero-order chi connectivity index (χ0) is 11.3. The van der Waals surface area contributed by atoms with Crippen LogP contribution in [-0.4, -0.2) is 12.5 Å². The molecule has 0 aliphatic carbocycles. The van der Waals surface area contributed by atoms with E-state index in [1.54, 1.807) is 0 Å². The molecule has 0 saturated heterocycles. The third-order valence-corrected chi connectivity index (χ3v) is 1.89. The second-order valence-electron chi connectivity index (χ2n) is 3.15. The van der Waals surface area contributed by atoms with E-state index in [1.807, 2.05) is 25.1 Å². The first-order valence-corrected chi connectivity index (χ1v) is 4.90. The average molecular weight is 208 g/mol. The van der Waals surface area contributed by atoms with Crippen LogP contribution in [0.3, 0.4) is 0 Å². The highest BCUT2D eigenvalue weighted by atomic mass is 16.5. The van der Waals surface area contributed by atoms with Gasteiger partial charge >= 0.3 is 0 Å². The van der Waals surface area contributed by atoms with Gasteiger partial charge in [0.25, 0.3) is 0 Å². The Bertz CT molecular complexity index is 350. The van der Waals surface area contributed by atoms with Gasteiger partial charge in [-0.2, -0.15) is 0 Å². The first-order valence-electron chi connectivity index (χ1n) is 4.90. The fourth-order valence-corrected chi connectivity index (χ4v) is 1.27. The summed E-state index contributed by atoms with van der Waals surface area (Å²) in [5.74, 6) is 0.551. The summed E-state index contributed by atoms with van der Waals surface area (Å²) in [6, 6.07) is 5.53. The Morgan fingerprint density at radius 3 is 2.80 bits per heavy atom. The summed E-state index contributed by atoms with van der Waals surface area (Å²) >= 11 is 0. The van der Waals surface area contributed by atoms with E-state index >= 15 is 0 Å². The predicted octanol–water partition coefficient (Wildman–Crippen LogP) is 1.50. The van der Waals surface area contributed by atoms with Gasteiger partial charge in [-0.05, 0) is 24.6 Å². The van der Waals surface area contributed by atoms with Crippen molar-refractivity contribution < 1.29 is 9.53 Å². The number of hydrogen-bond donors (Lipinski definition) is 2. The van der Waals surface area contributed by atoms with Crippen molar-refractivity contribution in [1.82, 2.24) is 0 Å². The number of nitrogens with one attached hydrogen (secondary N) is 1. The molecule has 0 bridgehead atoms. The van der Waals surface area contributed by atoms with Crippen LogP contribution in [0, 0.1) is 0 Å². The number of carbonyl (C=O) groups is 1. The molecule has 0 aliphatic heterocycles. The molecule has 0 unspecified atom stereocenters. The van der Waals surface area contributed by atoms with E-state index in [0.29, 0.717) is 24.6 Å². The lowest BCUT2D eigenvalue weighted by molar-refractivity contribution is -0.114. The van der Waals surface area contributed by atoms with Gasteiger partial charge in [0, 0.05) is 13.5 Å². The zero-order valence-corrected chi connectivity index (χ0v) is 9.04. The van der Waals surface area contributed by atoms with Crippen molar-refractivity contribution in [3.63, 3.8) is 0 Å². The van der Waals surface area contributed by atoms with Gasteiger partial charge in [-0.25, -0.2) is 0 Å². The molecule has 0 spiro atoms. The van der Waals surface area contributed by atoms with E-state index in [9.17, 15) is 4.79 Å². The first-order chi connectivity index (χ1) is 7.17. The van der Waals surface area contributed by atoms with Gasteiger partial charge in [0.15, 0.2) is 0 Å². The van der Waals surface area contributed by atoms with Crippen LogP contribution < -0.4 is 15.8 Å². The minimum atomic E-state index is -0.120. The number of benzene rings is 1. The summed E-state index contributed by atoms with van der Waals surface area (Å²) in [7, 11) is 0. The molecule has 0 heterocycles. The normalized spacial score (nSPS) is 9.80. The smallest absolute Gasteiger partial charge is 0.221 e. The fourth-order valence-electron chi connectivity index (χ4n) is 1.27. The maximum absolute atomic E-state index is 11.0. The molecule has 1 rings (SSSR count). The van der Waals surface area contributed by atoms with Crippen molar-refractivity contribution in [1.29, 1.82) is 0 Å². The molecule has 4 nitrogen and oxygen atoms in total. The van der Waals surface area contributed by atoms with E-state index in [4.69, 9.17) is 10.5 Å². The van der Waals surface area contributed by atoms with Gasteiger partial charge in [-0.3, -0.25) is 4.79 Å². The molecule has 0 aliphatic rings. The fraction of sp³-hybridized carbons (Fsp3) is 0.364. The summed E-state index contributed by atoms with van der Waals surface area (Å²) in [6.07, 6.45) is 0. The highest BCUT2D eigenvalue weighted by Gasteiger charge is 2.05. The number of amides is 1. The lowest BCUT2D eigenvalue weighted by Crippen LogP contribution is -2.09. The first kappa shape index (κ1) is 11.5. The Kier molecular flexibility index (Phi) is 4.12. The largest absolute Gasteiger partial charge is 0.492 e. The van der Waals surface area contributed by atoms with Crippen molar-refractivity contribution in [3.05, 3.63) is 23.8 Å². The van der Waals surface area contributed by atoms with E-state index in [1.165, 1.54) is 6.92 Å². The van der Waals surface area contributed by atoms with Gasteiger partial charge in [-0.15, -0.1) is 0 Å². The van der Waals surface area contributed by atoms with Crippen LogP contribution >= 0.6 is 0 Å². The number of rotatable bonds is 4. The molecule has 15 heavy (non-hydrogen) atoms. The second kappa shape index (κ2) is 5.36. The minimum Gasteiger partial charge on any atom is -0.492 e. The Labute approximate surface area is 89.4 Å². The van der Waals surface area contributed by atoms with E-state index in [-0.39, 0.29) is 5.91 Å². The standard InChI is InChI=1S/C11H16N2O2/c1-3-15-11-5-4-9(7-12)6-10(11)13-8(2)14/h4-6H,3,7,12H2,1-2H3,(H,13,14). The van der Waals surface area contributed by atoms with Crippen molar-refractivity contribution >= 4 is 11.6 Å². The SMILES string of the molecule is CCOc1ccc(CN)cc1NC(C)=O. The Hall–Kier alpha value is -1.55. The molecule has 0 aromatic heterocycles. The van der Waals surface area contributed by atoms with Gasteiger partial charge in [0.05, 0.1) is 12.3 Å². The van der Waals surface area contributed by atoms with Gasteiger partial charge < -0.3 is 15.8 Å².